The van der Waals surface area contributed by atoms with Crippen molar-refractivity contribution < 1.29 is 9.18 Å². The van der Waals surface area contributed by atoms with Crippen molar-refractivity contribution in [2.75, 3.05) is 0 Å². The summed E-state index contributed by atoms with van der Waals surface area (Å²) >= 11 is 3.09. The lowest BCUT2D eigenvalue weighted by Gasteiger charge is -1.95. The Kier molecular flexibility index (Phi) is 6.45. The van der Waals surface area contributed by atoms with E-state index in [1.165, 1.54) is 6.07 Å². The van der Waals surface area contributed by atoms with Crippen LogP contribution in [0.3, 0.4) is 0 Å². The zero-order valence-corrected chi connectivity index (χ0v) is 11.6. The molecule has 1 amide bonds. The van der Waals surface area contributed by atoms with Crippen LogP contribution in [-0.4, -0.2) is 5.91 Å². The minimum atomic E-state index is -0.303. The number of carbonyl (C=O) groups is 1. The van der Waals surface area contributed by atoms with Crippen LogP contribution in [0.2, 0.25) is 0 Å². The van der Waals surface area contributed by atoms with Gasteiger partial charge in [0.05, 0.1) is 4.47 Å². The van der Waals surface area contributed by atoms with E-state index in [-0.39, 0.29) is 11.7 Å². The molecule has 18 heavy (non-hydrogen) atoms. The Labute approximate surface area is 115 Å². The van der Waals surface area contributed by atoms with Gasteiger partial charge in [0.25, 0.3) is 0 Å². The van der Waals surface area contributed by atoms with Crippen molar-refractivity contribution in [2.24, 2.45) is 5.73 Å². The summed E-state index contributed by atoms with van der Waals surface area (Å²) in [7, 11) is 0. The number of amides is 1. The van der Waals surface area contributed by atoms with Crippen LogP contribution in [0.1, 0.15) is 37.7 Å². The topological polar surface area (TPSA) is 43.1 Å². The first-order chi connectivity index (χ1) is 8.59. The van der Waals surface area contributed by atoms with Crippen LogP contribution in [0.25, 0.3) is 0 Å². The molecule has 0 aromatic heterocycles. The molecule has 96 valence electrons. The fourth-order valence-electron chi connectivity index (χ4n) is 1.43. The minimum absolute atomic E-state index is 0.258. The first-order valence-electron chi connectivity index (χ1n) is 5.82. The zero-order valence-electron chi connectivity index (χ0n) is 10.0. The molecule has 1 aromatic carbocycles. The quantitative estimate of drug-likeness (QED) is 0.657. The molecule has 0 saturated carbocycles. The highest BCUT2D eigenvalue weighted by atomic mass is 79.9. The first kappa shape index (κ1) is 14.7. The van der Waals surface area contributed by atoms with Gasteiger partial charge in [-0.1, -0.05) is 18.3 Å². The summed E-state index contributed by atoms with van der Waals surface area (Å²) in [6.07, 6.45) is 3.86. The summed E-state index contributed by atoms with van der Waals surface area (Å²) in [6.45, 7) is 0. The van der Waals surface area contributed by atoms with Gasteiger partial charge < -0.3 is 5.73 Å². The molecule has 0 aliphatic heterocycles. The van der Waals surface area contributed by atoms with Crippen LogP contribution in [-0.2, 0) is 4.79 Å². The predicted octanol–water partition coefficient (Wildman–Crippen LogP) is 3.38. The van der Waals surface area contributed by atoms with Gasteiger partial charge in [-0.25, -0.2) is 4.39 Å². The molecule has 0 unspecified atom stereocenters. The fraction of sp³-hybridized carbons (Fsp3) is 0.357. The molecule has 0 saturated heterocycles. The van der Waals surface area contributed by atoms with E-state index >= 15 is 0 Å². The molecule has 0 atom stereocenters. The number of benzene rings is 1. The lowest BCUT2D eigenvalue weighted by molar-refractivity contribution is -0.118. The highest BCUT2D eigenvalue weighted by Crippen LogP contribution is 2.15. The highest BCUT2D eigenvalue weighted by molar-refractivity contribution is 9.10. The third-order valence-electron chi connectivity index (χ3n) is 2.38. The second-order valence-electron chi connectivity index (χ2n) is 3.96. The van der Waals surface area contributed by atoms with Crippen molar-refractivity contribution >= 4 is 21.8 Å². The molecule has 4 heteroatoms. The molecule has 0 fully saturated rings. The van der Waals surface area contributed by atoms with Gasteiger partial charge >= 0.3 is 0 Å². The Morgan fingerprint density at radius 2 is 2.11 bits per heavy atom. The van der Waals surface area contributed by atoms with Crippen molar-refractivity contribution in [3.8, 4) is 11.8 Å². The summed E-state index contributed by atoms with van der Waals surface area (Å²) < 4.78 is 13.6. The molecule has 0 aliphatic carbocycles. The molecule has 2 N–H and O–H groups in total. The van der Waals surface area contributed by atoms with Gasteiger partial charge in [0.1, 0.15) is 5.82 Å². The lowest BCUT2D eigenvalue weighted by atomic mass is 10.1. The molecule has 0 radical (unpaired) electrons. The number of rotatable bonds is 5. The normalized spacial score (nSPS) is 9.67. The van der Waals surface area contributed by atoms with Gasteiger partial charge in [-0.3, -0.25) is 4.79 Å². The van der Waals surface area contributed by atoms with E-state index < -0.39 is 0 Å². The van der Waals surface area contributed by atoms with Crippen LogP contribution >= 0.6 is 15.9 Å². The smallest absolute Gasteiger partial charge is 0.217 e. The van der Waals surface area contributed by atoms with Crippen molar-refractivity contribution in [1.29, 1.82) is 0 Å². The van der Waals surface area contributed by atoms with E-state index in [0.717, 1.165) is 25.7 Å². The number of nitrogens with two attached hydrogens (primary N) is 1. The third-order valence-corrected chi connectivity index (χ3v) is 3.02. The number of hydrogen-bond acceptors (Lipinski definition) is 1. The van der Waals surface area contributed by atoms with Crippen LogP contribution in [0.15, 0.2) is 22.7 Å². The molecule has 0 bridgehead atoms. The maximum atomic E-state index is 13.2. The lowest BCUT2D eigenvalue weighted by Crippen LogP contribution is -2.09. The Hall–Kier alpha value is -1.34. The fourth-order valence-corrected chi connectivity index (χ4v) is 1.67. The predicted molar refractivity (Wildman–Crippen MR) is 73.3 cm³/mol. The Morgan fingerprint density at radius 1 is 1.33 bits per heavy atom. The van der Waals surface area contributed by atoms with E-state index in [2.05, 4.69) is 27.8 Å². The number of hydrogen-bond donors (Lipinski definition) is 1. The van der Waals surface area contributed by atoms with Gasteiger partial charge in [0.15, 0.2) is 0 Å². The average molecular weight is 312 g/mol. The SMILES string of the molecule is NC(=O)CCCCCC#Cc1ccc(Br)c(F)c1. The molecule has 0 heterocycles. The number of unbranched alkanes of at least 4 members (excludes halogenated alkanes) is 3. The maximum Gasteiger partial charge on any atom is 0.217 e. The van der Waals surface area contributed by atoms with Gasteiger partial charge in [-0.15, -0.1) is 0 Å². The van der Waals surface area contributed by atoms with E-state index in [1.807, 2.05) is 0 Å². The summed E-state index contributed by atoms with van der Waals surface area (Å²) in [5, 5.41) is 0. The molecule has 1 rings (SSSR count). The second kappa shape index (κ2) is 7.88. The van der Waals surface area contributed by atoms with E-state index in [1.54, 1.807) is 12.1 Å². The second-order valence-corrected chi connectivity index (χ2v) is 4.81. The van der Waals surface area contributed by atoms with Crippen LogP contribution in [0, 0.1) is 17.7 Å². The van der Waals surface area contributed by atoms with Crippen molar-refractivity contribution in [3.05, 3.63) is 34.1 Å². The van der Waals surface area contributed by atoms with Crippen LogP contribution in [0.5, 0.6) is 0 Å². The summed E-state index contributed by atoms with van der Waals surface area (Å²) in [6, 6.07) is 4.82. The van der Waals surface area contributed by atoms with Crippen molar-refractivity contribution in [1.82, 2.24) is 0 Å². The van der Waals surface area contributed by atoms with Gasteiger partial charge in [-0.2, -0.15) is 0 Å². The van der Waals surface area contributed by atoms with Crippen molar-refractivity contribution in [3.63, 3.8) is 0 Å². The number of halogens is 2. The van der Waals surface area contributed by atoms with Crippen LogP contribution < -0.4 is 5.73 Å². The Morgan fingerprint density at radius 3 is 2.78 bits per heavy atom. The first-order valence-corrected chi connectivity index (χ1v) is 6.61. The molecule has 0 spiro atoms. The van der Waals surface area contributed by atoms with Gasteiger partial charge in [0.2, 0.25) is 5.91 Å². The molecule has 0 aliphatic rings. The molecule has 1 aromatic rings. The van der Waals surface area contributed by atoms with Crippen molar-refractivity contribution in [2.45, 2.75) is 32.1 Å². The number of carbonyl (C=O) groups excluding carboxylic acids is 1. The monoisotopic (exact) mass is 311 g/mol. The summed E-state index contributed by atoms with van der Waals surface area (Å²) in [4.78, 5) is 10.5. The zero-order chi connectivity index (χ0) is 13.4. The van der Waals surface area contributed by atoms with E-state index in [4.69, 9.17) is 5.73 Å². The average Bonchev–Trinajstić information content (AvgIpc) is 2.32. The van der Waals surface area contributed by atoms with Crippen LogP contribution in [0.4, 0.5) is 4.39 Å². The third kappa shape index (κ3) is 5.83. The number of primary amides is 1. The van der Waals surface area contributed by atoms with Gasteiger partial charge in [0, 0.05) is 18.4 Å². The summed E-state index contributed by atoms with van der Waals surface area (Å²) in [5.41, 5.74) is 5.70. The molecular formula is C14H15BrFNO. The summed E-state index contributed by atoms with van der Waals surface area (Å²) in [5.74, 6) is 5.34. The highest BCUT2D eigenvalue weighted by Gasteiger charge is 1.97. The van der Waals surface area contributed by atoms with Gasteiger partial charge in [-0.05, 0) is 47.0 Å². The standard InChI is InChI=1S/C14H15BrFNO/c15-12-9-8-11(10-13(12)16)6-4-2-1-3-5-7-14(17)18/h8-10H,1-3,5,7H2,(H2,17,18). The minimum Gasteiger partial charge on any atom is -0.370 e. The Balaban J connectivity index is 2.29. The maximum absolute atomic E-state index is 13.2. The molecule has 2 nitrogen and oxygen atoms in total. The largest absolute Gasteiger partial charge is 0.370 e. The molecular weight excluding hydrogens is 297 g/mol. The Bertz CT molecular complexity index is 476. The van der Waals surface area contributed by atoms with E-state index in [9.17, 15) is 9.18 Å². The van der Waals surface area contributed by atoms with E-state index in [0.29, 0.717) is 16.5 Å².